The minimum Gasteiger partial charge on any atom is -0.310 e. The molecule has 0 fully saturated rings. The fourth-order valence-electron chi connectivity index (χ4n) is 3.61. The minimum atomic E-state index is -0.546. The summed E-state index contributed by atoms with van der Waals surface area (Å²) in [4.78, 5) is 30.7. The van der Waals surface area contributed by atoms with Gasteiger partial charge in [0, 0.05) is 23.5 Å². The third kappa shape index (κ3) is 4.45. The fraction of sp³-hybridized carbons (Fsp3) is 0.130. The molecule has 0 aliphatic rings. The van der Waals surface area contributed by atoms with Crippen LogP contribution in [0.25, 0.3) is 16.7 Å². The number of pyridine rings is 2. The van der Waals surface area contributed by atoms with Gasteiger partial charge < -0.3 is 4.57 Å². The van der Waals surface area contributed by atoms with Crippen molar-refractivity contribution in [3.8, 4) is 0 Å². The molecule has 0 radical (unpaired) electrons. The predicted molar refractivity (Wildman–Crippen MR) is 137 cm³/mol. The number of nitrogens with one attached hydrogen (secondary N) is 2. The number of rotatable bonds is 6. The summed E-state index contributed by atoms with van der Waals surface area (Å²) in [7, 11) is 0. The Morgan fingerprint density at radius 3 is 2.80 bits per heavy atom. The smallest absolute Gasteiger partial charge is 0.267 e. The standard InChI is InChI=1S/C23H18ClN7O2S2/c1-2-30-18(25)14(11-15-19(30)26-17-9-5-6-10-31(17)21(15)33)20(32)27-22-28-29-23(35-22)34-12-13-7-3-4-8-16(13)24/h3-11,25H,2,12H2,1H3,(H,27,28,32). The number of hydrogen-bond donors (Lipinski definition) is 2. The number of nitrogens with zero attached hydrogens (tertiary/aromatic N) is 5. The van der Waals surface area contributed by atoms with Crippen LogP contribution in [0.2, 0.25) is 5.02 Å². The number of thioether (sulfide) groups is 1. The first-order chi connectivity index (χ1) is 17.0. The summed E-state index contributed by atoms with van der Waals surface area (Å²) in [6.07, 6.45) is 1.62. The Bertz CT molecular complexity index is 1710. The molecule has 1 aromatic carbocycles. The molecule has 4 aromatic heterocycles. The highest BCUT2D eigenvalue weighted by molar-refractivity contribution is 8.00. The van der Waals surface area contributed by atoms with E-state index in [1.807, 2.05) is 31.2 Å². The van der Waals surface area contributed by atoms with Crippen molar-refractivity contribution in [2.24, 2.45) is 0 Å². The highest BCUT2D eigenvalue weighted by Crippen LogP contribution is 2.30. The van der Waals surface area contributed by atoms with Crippen molar-refractivity contribution in [1.82, 2.24) is 24.1 Å². The van der Waals surface area contributed by atoms with Crippen molar-refractivity contribution in [3.05, 3.63) is 86.7 Å². The van der Waals surface area contributed by atoms with Gasteiger partial charge in [-0.3, -0.25) is 24.7 Å². The van der Waals surface area contributed by atoms with E-state index in [4.69, 9.17) is 17.0 Å². The van der Waals surface area contributed by atoms with Crippen LogP contribution in [0.1, 0.15) is 22.8 Å². The molecule has 0 aliphatic carbocycles. The number of halogens is 1. The summed E-state index contributed by atoms with van der Waals surface area (Å²) in [6.45, 7) is 2.20. The van der Waals surface area contributed by atoms with Gasteiger partial charge in [0.15, 0.2) is 4.34 Å². The summed E-state index contributed by atoms with van der Waals surface area (Å²) in [5.41, 5.74) is 1.51. The lowest BCUT2D eigenvalue weighted by molar-refractivity contribution is 0.102. The first-order valence-electron chi connectivity index (χ1n) is 10.6. The van der Waals surface area contributed by atoms with Gasteiger partial charge in [-0.2, -0.15) is 0 Å². The molecule has 35 heavy (non-hydrogen) atoms. The van der Waals surface area contributed by atoms with Crippen molar-refractivity contribution in [3.63, 3.8) is 0 Å². The molecular weight excluding hydrogens is 506 g/mol. The van der Waals surface area contributed by atoms with Gasteiger partial charge in [-0.1, -0.05) is 59.0 Å². The van der Waals surface area contributed by atoms with E-state index in [1.165, 1.54) is 33.6 Å². The molecule has 0 spiro atoms. The van der Waals surface area contributed by atoms with Crippen molar-refractivity contribution < 1.29 is 4.79 Å². The molecule has 5 aromatic rings. The first kappa shape index (κ1) is 23.2. The topological polar surface area (TPSA) is 118 Å². The number of aromatic nitrogens is 5. The van der Waals surface area contributed by atoms with Gasteiger partial charge in [0.25, 0.3) is 11.5 Å². The maximum atomic E-state index is 13.1. The van der Waals surface area contributed by atoms with Crippen LogP contribution in [0.5, 0.6) is 0 Å². The molecule has 0 aliphatic heterocycles. The van der Waals surface area contributed by atoms with Crippen molar-refractivity contribution in [1.29, 1.82) is 5.41 Å². The Labute approximate surface area is 211 Å². The maximum absolute atomic E-state index is 13.1. The van der Waals surface area contributed by atoms with Gasteiger partial charge in [0.05, 0.1) is 10.9 Å². The number of anilines is 1. The molecule has 9 nitrogen and oxygen atoms in total. The molecule has 0 saturated heterocycles. The van der Waals surface area contributed by atoms with Crippen molar-refractivity contribution >= 4 is 62.4 Å². The number of carbonyl (C=O) groups excluding carboxylic acids is 1. The zero-order valence-electron chi connectivity index (χ0n) is 18.4. The fourth-order valence-corrected chi connectivity index (χ4v) is 5.64. The second-order valence-corrected chi connectivity index (χ2v) is 10.0. The molecule has 0 bridgehead atoms. The van der Waals surface area contributed by atoms with Crippen LogP contribution < -0.4 is 16.4 Å². The first-order valence-corrected chi connectivity index (χ1v) is 12.7. The zero-order chi connectivity index (χ0) is 24.5. The summed E-state index contributed by atoms with van der Waals surface area (Å²) in [5.74, 6) is 0.0704. The average Bonchev–Trinajstić information content (AvgIpc) is 3.30. The lowest BCUT2D eigenvalue weighted by atomic mass is 10.2. The van der Waals surface area contributed by atoms with Crippen molar-refractivity contribution in [2.45, 2.75) is 23.6 Å². The second-order valence-electron chi connectivity index (χ2n) is 7.44. The van der Waals surface area contributed by atoms with Crippen LogP contribution in [-0.4, -0.2) is 30.1 Å². The minimum absolute atomic E-state index is 0.0393. The van der Waals surface area contributed by atoms with Crippen LogP contribution in [0, 0.1) is 5.41 Å². The number of amides is 1. The molecule has 0 saturated carbocycles. The molecule has 176 valence electrons. The van der Waals surface area contributed by atoms with E-state index < -0.39 is 5.91 Å². The molecule has 12 heteroatoms. The Morgan fingerprint density at radius 1 is 1.20 bits per heavy atom. The van der Waals surface area contributed by atoms with E-state index >= 15 is 0 Å². The monoisotopic (exact) mass is 523 g/mol. The maximum Gasteiger partial charge on any atom is 0.267 e. The largest absolute Gasteiger partial charge is 0.310 e. The van der Waals surface area contributed by atoms with Gasteiger partial charge >= 0.3 is 0 Å². The lowest BCUT2D eigenvalue weighted by Gasteiger charge is -2.12. The van der Waals surface area contributed by atoms with Crippen LogP contribution in [0.15, 0.2) is 63.9 Å². The average molecular weight is 524 g/mol. The van der Waals surface area contributed by atoms with Gasteiger partial charge in [-0.25, -0.2) is 4.98 Å². The van der Waals surface area contributed by atoms with Gasteiger partial charge in [-0.15, -0.1) is 10.2 Å². The molecular formula is C23H18ClN7O2S2. The SMILES string of the molecule is CCn1c(=N)c(C(=O)Nc2nnc(SCc3ccccc3Cl)s2)cc2c(=O)n3ccccc3nc21. The quantitative estimate of drug-likeness (QED) is 0.196. The number of hydrogen-bond acceptors (Lipinski definition) is 8. The third-order valence-corrected chi connectivity index (χ3v) is 7.70. The van der Waals surface area contributed by atoms with E-state index in [0.717, 1.165) is 5.56 Å². The van der Waals surface area contributed by atoms with Crippen LogP contribution in [0.3, 0.4) is 0 Å². The van der Waals surface area contributed by atoms with Crippen LogP contribution >= 0.6 is 34.7 Å². The van der Waals surface area contributed by atoms with Gasteiger partial charge in [0.2, 0.25) is 5.13 Å². The lowest BCUT2D eigenvalue weighted by Crippen LogP contribution is -2.31. The summed E-state index contributed by atoms with van der Waals surface area (Å²) >= 11 is 8.89. The van der Waals surface area contributed by atoms with Gasteiger partial charge in [-0.05, 0) is 36.8 Å². The summed E-state index contributed by atoms with van der Waals surface area (Å²) < 4.78 is 3.63. The van der Waals surface area contributed by atoms with E-state index in [1.54, 1.807) is 29.0 Å². The van der Waals surface area contributed by atoms with Crippen LogP contribution in [0.4, 0.5) is 5.13 Å². The number of fused-ring (bicyclic) bond motifs is 2. The Hall–Kier alpha value is -3.54. The third-order valence-electron chi connectivity index (χ3n) is 5.32. The summed E-state index contributed by atoms with van der Waals surface area (Å²) in [5, 5.41) is 20.7. The Morgan fingerprint density at radius 2 is 2.00 bits per heavy atom. The molecule has 2 N–H and O–H groups in total. The summed E-state index contributed by atoms with van der Waals surface area (Å²) in [6, 6.07) is 14.2. The Kier molecular flexibility index (Phi) is 6.37. The predicted octanol–water partition coefficient (Wildman–Crippen LogP) is 4.20. The number of benzene rings is 1. The molecule has 1 amide bonds. The normalized spacial score (nSPS) is 11.3. The van der Waals surface area contributed by atoms with E-state index in [-0.39, 0.29) is 22.0 Å². The molecule has 0 atom stereocenters. The van der Waals surface area contributed by atoms with Crippen molar-refractivity contribution in [2.75, 3.05) is 5.32 Å². The molecule has 4 heterocycles. The van der Waals surface area contributed by atoms with Crippen LogP contribution in [-0.2, 0) is 12.3 Å². The second kappa shape index (κ2) is 9.61. The molecule has 0 unspecified atom stereocenters. The highest BCUT2D eigenvalue weighted by atomic mass is 35.5. The Balaban J connectivity index is 1.44. The molecule has 5 rings (SSSR count). The number of carbonyl (C=O) groups is 1. The van der Waals surface area contributed by atoms with Gasteiger partial charge in [0.1, 0.15) is 16.8 Å². The zero-order valence-corrected chi connectivity index (χ0v) is 20.7. The highest BCUT2D eigenvalue weighted by Gasteiger charge is 2.18. The van der Waals surface area contributed by atoms with E-state index in [2.05, 4.69) is 20.5 Å². The van der Waals surface area contributed by atoms with E-state index in [9.17, 15) is 9.59 Å². The number of aryl methyl sites for hydroxylation is 1. The van der Waals surface area contributed by atoms with E-state index in [0.29, 0.717) is 38.1 Å².